The standard InChI is InChI=1S/C13H14ClN3O3S/c14-10-5-6-16-13(9-10)17-21(18,19)8-7-20-12-4-2-1-3-11(12)15/h1-6,9H,7-8,15H2,(H,16,17). The number of nitrogens with two attached hydrogens (primary N) is 1. The van der Waals surface area contributed by atoms with E-state index in [1.807, 2.05) is 0 Å². The van der Waals surface area contributed by atoms with E-state index in [0.29, 0.717) is 16.5 Å². The lowest BCUT2D eigenvalue weighted by Crippen LogP contribution is -2.22. The molecule has 0 amide bonds. The molecule has 1 heterocycles. The molecule has 0 saturated carbocycles. The molecule has 0 saturated heterocycles. The van der Waals surface area contributed by atoms with Crippen molar-refractivity contribution in [3.63, 3.8) is 0 Å². The third kappa shape index (κ3) is 4.80. The zero-order valence-corrected chi connectivity index (χ0v) is 12.6. The van der Waals surface area contributed by atoms with E-state index < -0.39 is 10.0 Å². The molecular weight excluding hydrogens is 314 g/mol. The molecule has 0 bridgehead atoms. The Morgan fingerprint density at radius 1 is 1.29 bits per heavy atom. The summed E-state index contributed by atoms with van der Waals surface area (Å²) in [6, 6.07) is 9.86. The topological polar surface area (TPSA) is 94.3 Å². The predicted octanol–water partition coefficient (Wildman–Crippen LogP) is 2.14. The van der Waals surface area contributed by atoms with Gasteiger partial charge >= 0.3 is 0 Å². The summed E-state index contributed by atoms with van der Waals surface area (Å²) in [6.07, 6.45) is 1.42. The minimum atomic E-state index is -3.57. The maximum absolute atomic E-state index is 11.9. The highest BCUT2D eigenvalue weighted by Gasteiger charge is 2.12. The van der Waals surface area contributed by atoms with E-state index in [1.165, 1.54) is 12.3 Å². The van der Waals surface area contributed by atoms with Gasteiger partial charge in [-0.25, -0.2) is 13.4 Å². The van der Waals surface area contributed by atoms with E-state index in [4.69, 9.17) is 22.1 Å². The summed E-state index contributed by atoms with van der Waals surface area (Å²) >= 11 is 5.76. The Kier molecular flexibility index (Phi) is 4.87. The number of sulfonamides is 1. The first-order chi connectivity index (χ1) is 9.96. The number of ether oxygens (including phenoxy) is 1. The van der Waals surface area contributed by atoms with E-state index in [-0.39, 0.29) is 18.2 Å². The van der Waals surface area contributed by atoms with Crippen molar-refractivity contribution >= 4 is 33.1 Å². The number of anilines is 2. The lowest BCUT2D eigenvalue weighted by Gasteiger charge is -2.10. The van der Waals surface area contributed by atoms with Crippen molar-refractivity contribution in [3.05, 3.63) is 47.6 Å². The van der Waals surface area contributed by atoms with Crippen LogP contribution >= 0.6 is 11.6 Å². The number of nitrogens with zero attached hydrogens (tertiary/aromatic N) is 1. The molecule has 0 unspecified atom stereocenters. The van der Waals surface area contributed by atoms with Gasteiger partial charge in [-0.05, 0) is 18.2 Å². The second-order valence-corrected chi connectivity index (χ2v) is 6.44. The molecule has 2 rings (SSSR count). The fraction of sp³-hybridized carbons (Fsp3) is 0.154. The molecule has 0 aliphatic rings. The largest absolute Gasteiger partial charge is 0.490 e. The number of nitrogens with one attached hydrogen (secondary N) is 1. The molecule has 112 valence electrons. The molecule has 0 radical (unpaired) electrons. The second kappa shape index (κ2) is 6.64. The summed E-state index contributed by atoms with van der Waals surface area (Å²) in [5.41, 5.74) is 6.15. The smallest absolute Gasteiger partial charge is 0.237 e. The van der Waals surface area contributed by atoms with Crippen LogP contribution in [0.5, 0.6) is 5.75 Å². The van der Waals surface area contributed by atoms with Crippen LogP contribution in [0.3, 0.4) is 0 Å². The number of halogens is 1. The highest BCUT2D eigenvalue weighted by atomic mass is 35.5. The molecule has 0 aliphatic heterocycles. The number of aromatic nitrogens is 1. The molecule has 6 nitrogen and oxygen atoms in total. The molecule has 0 fully saturated rings. The summed E-state index contributed by atoms with van der Waals surface area (Å²) in [4.78, 5) is 3.87. The van der Waals surface area contributed by atoms with E-state index in [9.17, 15) is 8.42 Å². The quantitative estimate of drug-likeness (QED) is 0.793. The number of benzene rings is 1. The van der Waals surface area contributed by atoms with E-state index in [1.54, 1.807) is 30.3 Å². The summed E-state index contributed by atoms with van der Waals surface area (Å²) in [6.45, 7) is -0.0237. The van der Waals surface area contributed by atoms with Crippen molar-refractivity contribution in [2.24, 2.45) is 0 Å². The van der Waals surface area contributed by atoms with Gasteiger partial charge in [-0.15, -0.1) is 0 Å². The number of hydrogen-bond acceptors (Lipinski definition) is 5. The summed E-state index contributed by atoms with van der Waals surface area (Å²) in [5.74, 6) is 0.394. The van der Waals surface area contributed by atoms with Gasteiger partial charge in [-0.3, -0.25) is 4.72 Å². The maximum atomic E-state index is 11.9. The van der Waals surface area contributed by atoms with Gasteiger partial charge in [0, 0.05) is 17.3 Å². The Balaban J connectivity index is 1.91. The third-order valence-electron chi connectivity index (χ3n) is 2.51. The first-order valence-electron chi connectivity index (χ1n) is 6.06. The van der Waals surface area contributed by atoms with Crippen LogP contribution in [0.25, 0.3) is 0 Å². The second-order valence-electron chi connectivity index (χ2n) is 4.17. The maximum Gasteiger partial charge on any atom is 0.237 e. The van der Waals surface area contributed by atoms with Crippen LogP contribution in [0.4, 0.5) is 11.5 Å². The van der Waals surface area contributed by atoms with Crippen molar-refractivity contribution in [2.45, 2.75) is 0 Å². The van der Waals surface area contributed by atoms with E-state index >= 15 is 0 Å². The number of rotatable bonds is 6. The van der Waals surface area contributed by atoms with E-state index in [0.717, 1.165) is 0 Å². The normalized spacial score (nSPS) is 11.1. The molecule has 1 aromatic carbocycles. The lowest BCUT2D eigenvalue weighted by atomic mass is 10.3. The van der Waals surface area contributed by atoms with Crippen LogP contribution in [0, 0.1) is 0 Å². The van der Waals surface area contributed by atoms with Crippen molar-refractivity contribution in [2.75, 3.05) is 22.8 Å². The first kappa shape index (κ1) is 15.4. The fourth-order valence-corrected chi connectivity index (χ4v) is 2.54. The molecule has 0 aliphatic carbocycles. The minimum absolute atomic E-state index is 0.0237. The van der Waals surface area contributed by atoms with Crippen molar-refractivity contribution < 1.29 is 13.2 Å². The summed E-state index contributed by atoms with van der Waals surface area (Å²) in [5, 5.41) is 0.399. The minimum Gasteiger partial charge on any atom is -0.490 e. The predicted molar refractivity (Wildman–Crippen MR) is 83.0 cm³/mol. The highest BCUT2D eigenvalue weighted by molar-refractivity contribution is 7.92. The third-order valence-corrected chi connectivity index (χ3v) is 3.97. The Morgan fingerprint density at radius 3 is 2.76 bits per heavy atom. The fourth-order valence-electron chi connectivity index (χ4n) is 1.54. The molecule has 8 heteroatoms. The van der Waals surface area contributed by atoms with Crippen LogP contribution in [-0.4, -0.2) is 25.8 Å². The van der Waals surface area contributed by atoms with Crippen molar-refractivity contribution in [3.8, 4) is 5.75 Å². The zero-order valence-electron chi connectivity index (χ0n) is 11.0. The van der Waals surface area contributed by atoms with Gasteiger partial charge in [0.1, 0.15) is 23.9 Å². The summed E-state index contributed by atoms with van der Waals surface area (Å²) < 4.78 is 31.4. The molecule has 3 N–H and O–H groups in total. The van der Waals surface area contributed by atoms with Crippen LogP contribution in [0.2, 0.25) is 5.02 Å². The van der Waals surface area contributed by atoms with E-state index in [2.05, 4.69) is 9.71 Å². The highest BCUT2D eigenvalue weighted by Crippen LogP contribution is 2.19. The lowest BCUT2D eigenvalue weighted by molar-refractivity contribution is 0.343. The van der Waals surface area contributed by atoms with Crippen LogP contribution in [0.15, 0.2) is 42.6 Å². The Hall–Kier alpha value is -1.99. The molecule has 2 aromatic rings. The van der Waals surface area contributed by atoms with Gasteiger partial charge in [0.25, 0.3) is 0 Å². The van der Waals surface area contributed by atoms with Gasteiger partial charge in [-0.1, -0.05) is 23.7 Å². The Bertz CT molecular complexity index is 722. The molecule has 21 heavy (non-hydrogen) atoms. The van der Waals surface area contributed by atoms with Gasteiger partial charge in [-0.2, -0.15) is 0 Å². The van der Waals surface area contributed by atoms with Crippen molar-refractivity contribution in [1.29, 1.82) is 0 Å². The number of nitrogen functional groups attached to an aromatic ring is 1. The first-order valence-corrected chi connectivity index (χ1v) is 8.09. The average molecular weight is 328 g/mol. The monoisotopic (exact) mass is 327 g/mol. The van der Waals surface area contributed by atoms with Crippen LogP contribution in [-0.2, 0) is 10.0 Å². The Morgan fingerprint density at radius 2 is 2.05 bits per heavy atom. The van der Waals surface area contributed by atoms with Gasteiger partial charge in [0.05, 0.1) is 5.69 Å². The average Bonchev–Trinajstić information content (AvgIpc) is 2.40. The SMILES string of the molecule is Nc1ccccc1OCCS(=O)(=O)Nc1cc(Cl)ccn1. The molecule has 0 atom stereocenters. The van der Waals surface area contributed by atoms with Crippen LogP contribution < -0.4 is 15.2 Å². The van der Waals surface area contributed by atoms with Crippen molar-refractivity contribution in [1.82, 2.24) is 4.98 Å². The Labute approximate surface area is 128 Å². The van der Waals surface area contributed by atoms with Crippen LogP contribution in [0.1, 0.15) is 0 Å². The summed E-state index contributed by atoms with van der Waals surface area (Å²) in [7, 11) is -3.57. The zero-order chi connectivity index (χ0) is 15.3. The number of hydrogen-bond donors (Lipinski definition) is 2. The number of pyridine rings is 1. The van der Waals surface area contributed by atoms with Gasteiger partial charge in [0.2, 0.25) is 10.0 Å². The molecule has 0 spiro atoms. The molecular formula is C13H14ClN3O3S. The van der Waals surface area contributed by atoms with Gasteiger partial charge < -0.3 is 10.5 Å². The molecule has 1 aromatic heterocycles. The number of para-hydroxylation sites is 2. The van der Waals surface area contributed by atoms with Gasteiger partial charge in [0.15, 0.2) is 0 Å².